The predicted molar refractivity (Wildman–Crippen MR) is 83.8 cm³/mol. The number of aryl methyl sites for hydroxylation is 1. The second-order valence-electron chi connectivity index (χ2n) is 4.93. The van der Waals surface area contributed by atoms with Gasteiger partial charge in [0.05, 0.1) is 29.5 Å². The maximum absolute atomic E-state index is 11.9. The van der Waals surface area contributed by atoms with Crippen LogP contribution >= 0.6 is 11.8 Å². The Morgan fingerprint density at radius 3 is 2.73 bits per heavy atom. The summed E-state index contributed by atoms with van der Waals surface area (Å²) < 4.78 is 4.58. The molecule has 1 aromatic rings. The third-order valence-electron chi connectivity index (χ3n) is 3.40. The Balaban J connectivity index is 2.32. The minimum atomic E-state index is -0.401. The van der Waals surface area contributed by atoms with Gasteiger partial charge in [-0.15, -0.1) is 0 Å². The van der Waals surface area contributed by atoms with Crippen molar-refractivity contribution < 1.29 is 14.3 Å². The van der Waals surface area contributed by atoms with E-state index in [0.29, 0.717) is 10.6 Å². The van der Waals surface area contributed by atoms with Gasteiger partial charge in [0.2, 0.25) is 5.91 Å². The molecule has 1 aliphatic rings. The molecular formula is C16H16N2O3S. The molecule has 0 aliphatic carbocycles. The first kappa shape index (κ1) is 16.1. The predicted octanol–water partition coefficient (Wildman–Crippen LogP) is 2.24. The van der Waals surface area contributed by atoms with Gasteiger partial charge in [0, 0.05) is 12.3 Å². The van der Waals surface area contributed by atoms with Gasteiger partial charge in [-0.05, 0) is 12.5 Å². The van der Waals surface area contributed by atoms with Crippen LogP contribution in [0.2, 0.25) is 0 Å². The SMILES string of the molecule is COC(=O)CSC1=C(C#N)[C@H](c2ccc(C)cc2)CC(=O)N1. The molecule has 6 heteroatoms. The highest BCUT2D eigenvalue weighted by Crippen LogP contribution is 2.35. The first-order chi connectivity index (χ1) is 10.5. The molecule has 0 fully saturated rings. The normalized spacial score (nSPS) is 17.7. The van der Waals surface area contributed by atoms with Crippen molar-refractivity contribution in [3.05, 3.63) is 46.0 Å². The summed E-state index contributed by atoms with van der Waals surface area (Å²) in [6.07, 6.45) is 0.230. The Hall–Kier alpha value is -2.26. The van der Waals surface area contributed by atoms with Crippen LogP contribution in [-0.2, 0) is 14.3 Å². The van der Waals surface area contributed by atoms with E-state index in [1.54, 1.807) is 0 Å². The van der Waals surface area contributed by atoms with Gasteiger partial charge < -0.3 is 10.1 Å². The average molecular weight is 316 g/mol. The van der Waals surface area contributed by atoms with Crippen LogP contribution in [-0.4, -0.2) is 24.7 Å². The fourth-order valence-corrected chi connectivity index (χ4v) is 3.12. The molecular weight excluding hydrogens is 300 g/mol. The van der Waals surface area contributed by atoms with Crippen molar-refractivity contribution >= 4 is 23.6 Å². The fourth-order valence-electron chi connectivity index (χ4n) is 2.21. The molecule has 0 bridgehead atoms. The second-order valence-corrected chi connectivity index (χ2v) is 5.92. The minimum Gasteiger partial charge on any atom is -0.468 e. The summed E-state index contributed by atoms with van der Waals surface area (Å²) in [7, 11) is 1.30. The highest BCUT2D eigenvalue weighted by molar-refractivity contribution is 8.03. The first-order valence-electron chi connectivity index (χ1n) is 6.75. The van der Waals surface area contributed by atoms with Crippen LogP contribution in [0.15, 0.2) is 34.9 Å². The third kappa shape index (κ3) is 3.68. The van der Waals surface area contributed by atoms with Crippen molar-refractivity contribution in [1.29, 1.82) is 5.26 Å². The number of hydrogen-bond donors (Lipinski definition) is 1. The molecule has 1 atom stereocenters. The molecule has 2 rings (SSSR count). The lowest BCUT2D eigenvalue weighted by atomic mass is 9.87. The summed E-state index contributed by atoms with van der Waals surface area (Å²) in [6, 6.07) is 9.94. The fraction of sp³-hybridized carbons (Fsp3) is 0.312. The third-order valence-corrected chi connectivity index (χ3v) is 4.39. The summed E-state index contributed by atoms with van der Waals surface area (Å²) in [5.74, 6) is -0.782. The molecule has 1 aromatic carbocycles. The van der Waals surface area contributed by atoms with E-state index < -0.39 is 5.97 Å². The number of methoxy groups -OCH3 is 1. The Labute approximate surface area is 133 Å². The Morgan fingerprint density at radius 2 is 2.14 bits per heavy atom. The summed E-state index contributed by atoms with van der Waals surface area (Å²) >= 11 is 1.12. The zero-order chi connectivity index (χ0) is 16.1. The average Bonchev–Trinajstić information content (AvgIpc) is 2.52. The molecule has 1 aliphatic heterocycles. The summed E-state index contributed by atoms with van der Waals surface area (Å²) in [4.78, 5) is 23.2. The number of rotatable bonds is 4. The van der Waals surface area contributed by atoms with Crippen molar-refractivity contribution in [3.63, 3.8) is 0 Å². The number of carbonyl (C=O) groups excluding carboxylic acids is 2. The number of nitrogens with zero attached hydrogens (tertiary/aromatic N) is 1. The number of ether oxygens (including phenoxy) is 1. The van der Waals surface area contributed by atoms with Crippen LogP contribution in [0.3, 0.4) is 0 Å². The van der Waals surface area contributed by atoms with E-state index in [9.17, 15) is 14.9 Å². The Bertz CT molecular complexity index is 659. The topological polar surface area (TPSA) is 79.2 Å². The van der Waals surface area contributed by atoms with Crippen molar-refractivity contribution in [2.45, 2.75) is 19.3 Å². The number of esters is 1. The lowest BCUT2D eigenvalue weighted by Crippen LogP contribution is -2.31. The number of carbonyl (C=O) groups is 2. The van der Waals surface area contributed by atoms with Gasteiger partial charge in [-0.3, -0.25) is 9.59 Å². The van der Waals surface area contributed by atoms with Crippen molar-refractivity contribution in [3.8, 4) is 6.07 Å². The van der Waals surface area contributed by atoms with Crippen LogP contribution in [0.4, 0.5) is 0 Å². The quantitative estimate of drug-likeness (QED) is 0.862. The molecule has 5 nitrogen and oxygen atoms in total. The molecule has 1 heterocycles. The van der Waals surface area contributed by atoms with E-state index in [4.69, 9.17) is 0 Å². The van der Waals surface area contributed by atoms with E-state index in [1.807, 2.05) is 31.2 Å². The van der Waals surface area contributed by atoms with E-state index in [-0.39, 0.29) is 24.0 Å². The summed E-state index contributed by atoms with van der Waals surface area (Å²) in [5, 5.41) is 12.6. The molecule has 22 heavy (non-hydrogen) atoms. The standard InChI is InChI=1S/C16H16N2O3S/c1-10-3-5-11(6-4-10)12-7-14(19)18-16(13(12)8-17)22-9-15(20)21-2/h3-6,12H,7,9H2,1-2H3,(H,18,19)/t12-/m0/s1. The summed E-state index contributed by atoms with van der Waals surface area (Å²) in [6.45, 7) is 1.98. The van der Waals surface area contributed by atoms with E-state index in [2.05, 4.69) is 16.1 Å². The monoisotopic (exact) mass is 316 g/mol. The van der Waals surface area contributed by atoms with Crippen molar-refractivity contribution in [2.75, 3.05) is 12.9 Å². The number of amides is 1. The van der Waals surface area contributed by atoms with Gasteiger partial charge in [-0.25, -0.2) is 0 Å². The van der Waals surface area contributed by atoms with E-state index in [0.717, 1.165) is 22.9 Å². The lowest BCUT2D eigenvalue weighted by molar-refractivity contribution is -0.137. The van der Waals surface area contributed by atoms with Gasteiger partial charge in [0.25, 0.3) is 0 Å². The van der Waals surface area contributed by atoms with Crippen molar-refractivity contribution in [1.82, 2.24) is 5.32 Å². The molecule has 0 aromatic heterocycles. The first-order valence-corrected chi connectivity index (χ1v) is 7.74. The maximum atomic E-state index is 11.9. The zero-order valence-corrected chi connectivity index (χ0v) is 13.2. The lowest BCUT2D eigenvalue weighted by Gasteiger charge is -2.25. The van der Waals surface area contributed by atoms with Crippen molar-refractivity contribution in [2.24, 2.45) is 0 Å². The Morgan fingerprint density at radius 1 is 1.45 bits per heavy atom. The van der Waals surface area contributed by atoms with Gasteiger partial charge >= 0.3 is 5.97 Å². The molecule has 0 saturated heterocycles. The van der Waals surface area contributed by atoms with Crippen LogP contribution in [0, 0.1) is 18.3 Å². The number of nitriles is 1. The number of thioether (sulfide) groups is 1. The van der Waals surface area contributed by atoms with Crippen LogP contribution in [0.5, 0.6) is 0 Å². The Kier molecular flexibility index (Phi) is 5.23. The molecule has 0 radical (unpaired) electrons. The molecule has 0 saturated carbocycles. The minimum absolute atomic E-state index is 0.0535. The molecule has 0 spiro atoms. The number of nitrogens with one attached hydrogen (secondary N) is 1. The van der Waals surface area contributed by atoms with Crippen LogP contribution < -0.4 is 5.32 Å². The van der Waals surface area contributed by atoms with E-state index >= 15 is 0 Å². The number of benzene rings is 1. The smallest absolute Gasteiger partial charge is 0.316 e. The molecule has 114 valence electrons. The number of hydrogen-bond acceptors (Lipinski definition) is 5. The van der Waals surface area contributed by atoms with Crippen LogP contribution in [0.1, 0.15) is 23.5 Å². The zero-order valence-electron chi connectivity index (χ0n) is 12.4. The van der Waals surface area contributed by atoms with Gasteiger partial charge in [-0.1, -0.05) is 41.6 Å². The van der Waals surface area contributed by atoms with Gasteiger partial charge in [0.15, 0.2) is 0 Å². The largest absolute Gasteiger partial charge is 0.468 e. The number of allylic oxidation sites excluding steroid dienone is 1. The molecule has 0 unspecified atom stereocenters. The highest BCUT2D eigenvalue weighted by Gasteiger charge is 2.29. The maximum Gasteiger partial charge on any atom is 0.316 e. The highest BCUT2D eigenvalue weighted by atomic mass is 32.2. The second kappa shape index (κ2) is 7.14. The van der Waals surface area contributed by atoms with Gasteiger partial charge in [0.1, 0.15) is 0 Å². The molecule has 1 amide bonds. The van der Waals surface area contributed by atoms with Crippen LogP contribution in [0.25, 0.3) is 0 Å². The molecule has 1 N–H and O–H groups in total. The van der Waals surface area contributed by atoms with Gasteiger partial charge in [-0.2, -0.15) is 5.26 Å². The summed E-state index contributed by atoms with van der Waals surface area (Å²) in [5.41, 5.74) is 2.53. The van der Waals surface area contributed by atoms with E-state index in [1.165, 1.54) is 7.11 Å².